The molecule has 21 heavy (non-hydrogen) atoms. The molecule has 1 saturated carbocycles. The third-order valence-electron chi connectivity index (χ3n) is 4.05. The van der Waals surface area contributed by atoms with Crippen LogP contribution in [0.3, 0.4) is 0 Å². The van der Waals surface area contributed by atoms with Crippen LogP contribution in [-0.2, 0) is 4.74 Å². The third-order valence-corrected chi connectivity index (χ3v) is 4.05. The molecular weight excluding hydrogens is 264 g/mol. The predicted octanol–water partition coefficient (Wildman–Crippen LogP) is 3.05. The van der Waals surface area contributed by atoms with E-state index >= 15 is 0 Å². The van der Waals surface area contributed by atoms with Gasteiger partial charge in [0.25, 0.3) is 5.91 Å². The van der Waals surface area contributed by atoms with E-state index in [2.05, 4.69) is 5.32 Å². The van der Waals surface area contributed by atoms with Gasteiger partial charge in [-0.15, -0.1) is 0 Å². The zero-order valence-corrected chi connectivity index (χ0v) is 12.9. The van der Waals surface area contributed by atoms with Crippen LogP contribution in [0.25, 0.3) is 0 Å². The van der Waals surface area contributed by atoms with Gasteiger partial charge < -0.3 is 15.8 Å². The maximum atomic E-state index is 12.0. The van der Waals surface area contributed by atoms with E-state index in [0.717, 1.165) is 18.6 Å². The Morgan fingerprint density at radius 1 is 1.33 bits per heavy atom. The lowest BCUT2D eigenvalue weighted by atomic mass is 9.98. The number of benzene rings is 1. The normalized spacial score (nSPS) is 15.9. The Kier molecular flexibility index (Phi) is 6.05. The summed E-state index contributed by atoms with van der Waals surface area (Å²) in [7, 11) is 0. The van der Waals surface area contributed by atoms with Crippen LogP contribution in [-0.4, -0.2) is 25.2 Å². The summed E-state index contributed by atoms with van der Waals surface area (Å²) < 4.78 is 5.83. The van der Waals surface area contributed by atoms with Gasteiger partial charge in [-0.25, -0.2) is 0 Å². The fraction of sp³-hybridized carbons (Fsp3) is 0.588. The molecule has 0 heterocycles. The van der Waals surface area contributed by atoms with Gasteiger partial charge in [-0.2, -0.15) is 0 Å². The van der Waals surface area contributed by atoms with Crippen molar-refractivity contribution in [3.63, 3.8) is 0 Å². The number of amides is 1. The van der Waals surface area contributed by atoms with Gasteiger partial charge in [-0.3, -0.25) is 4.79 Å². The van der Waals surface area contributed by atoms with Gasteiger partial charge in [0.2, 0.25) is 0 Å². The number of carbonyl (C=O) groups excluding carboxylic acids is 1. The highest BCUT2D eigenvalue weighted by atomic mass is 16.5. The first-order chi connectivity index (χ1) is 10.2. The highest BCUT2D eigenvalue weighted by Crippen LogP contribution is 2.20. The SMILES string of the molecule is Cc1ccc(C(=O)NCCCOC2CCCCC2)cc1N. The average molecular weight is 290 g/mol. The molecule has 0 unspecified atom stereocenters. The minimum absolute atomic E-state index is 0.0700. The van der Waals surface area contributed by atoms with Crippen molar-refractivity contribution in [2.75, 3.05) is 18.9 Å². The predicted molar refractivity (Wildman–Crippen MR) is 85.4 cm³/mol. The molecule has 0 aromatic heterocycles. The van der Waals surface area contributed by atoms with Crippen molar-refractivity contribution < 1.29 is 9.53 Å². The second kappa shape index (κ2) is 8.03. The van der Waals surface area contributed by atoms with Gasteiger partial charge in [0.1, 0.15) is 0 Å². The Morgan fingerprint density at radius 3 is 2.81 bits per heavy atom. The summed E-state index contributed by atoms with van der Waals surface area (Å²) in [4.78, 5) is 12.0. The summed E-state index contributed by atoms with van der Waals surface area (Å²) in [6, 6.07) is 5.40. The Labute approximate surface area is 127 Å². The Bertz CT molecular complexity index is 468. The molecule has 4 heteroatoms. The fourth-order valence-electron chi connectivity index (χ4n) is 2.64. The lowest BCUT2D eigenvalue weighted by molar-refractivity contribution is 0.0273. The zero-order chi connectivity index (χ0) is 15.1. The van der Waals surface area contributed by atoms with E-state index in [4.69, 9.17) is 10.5 Å². The maximum absolute atomic E-state index is 12.0. The van der Waals surface area contributed by atoms with Gasteiger partial charge in [0, 0.05) is 24.4 Å². The lowest BCUT2D eigenvalue weighted by Gasteiger charge is -2.21. The van der Waals surface area contributed by atoms with Crippen LogP contribution < -0.4 is 11.1 Å². The monoisotopic (exact) mass is 290 g/mol. The number of nitrogens with two attached hydrogens (primary N) is 1. The summed E-state index contributed by atoms with van der Waals surface area (Å²) in [5.41, 5.74) is 8.08. The number of nitrogen functional groups attached to an aromatic ring is 1. The summed E-state index contributed by atoms with van der Waals surface area (Å²) in [6.45, 7) is 3.29. The topological polar surface area (TPSA) is 64.3 Å². The van der Waals surface area contributed by atoms with Crippen molar-refractivity contribution in [1.82, 2.24) is 5.32 Å². The largest absolute Gasteiger partial charge is 0.398 e. The van der Waals surface area contributed by atoms with Crippen LogP contribution in [0.2, 0.25) is 0 Å². The van der Waals surface area contributed by atoms with Gasteiger partial charge in [0.15, 0.2) is 0 Å². The van der Waals surface area contributed by atoms with E-state index in [-0.39, 0.29) is 5.91 Å². The molecule has 0 bridgehead atoms. The van der Waals surface area contributed by atoms with Crippen LogP contribution in [0, 0.1) is 6.92 Å². The number of aryl methyl sites for hydroxylation is 1. The van der Waals surface area contributed by atoms with Crippen LogP contribution in [0.1, 0.15) is 54.4 Å². The fourth-order valence-corrected chi connectivity index (χ4v) is 2.64. The molecular formula is C17H26N2O2. The van der Waals surface area contributed by atoms with Crippen molar-refractivity contribution in [2.45, 2.75) is 51.6 Å². The lowest BCUT2D eigenvalue weighted by Crippen LogP contribution is -2.26. The molecule has 0 aliphatic heterocycles. The molecule has 4 nitrogen and oxygen atoms in total. The molecule has 0 radical (unpaired) electrons. The molecule has 1 fully saturated rings. The van der Waals surface area contributed by atoms with Crippen molar-refractivity contribution in [3.05, 3.63) is 29.3 Å². The molecule has 0 spiro atoms. The molecule has 0 atom stereocenters. The van der Waals surface area contributed by atoms with E-state index in [9.17, 15) is 4.79 Å². The molecule has 1 amide bonds. The van der Waals surface area contributed by atoms with Gasteiger partial charge >= 0.3 is 0 Å². The van der Waals surface area contributed by atoms with Crippen molar-refractivity contribution >= 4 is 11.6 Å². The molecule has 1 aliphatic carbocycles. The van der Waals surface area contributed by atoms with Crippen molar-refractivity contribution in [1.29, 1.82) is 0 Å². The number of anilines is 1. The third kappa shape index (κ3) is 5.05. The molecule has 1 aromatic carbocycles. The molecule has 2 rings (SSSR count). The van der Waals surface area contributed by atoms with Crippen molar-refractivity contribution in [3.8, 4) is 0 Å². The van der Waals surface area contributed by atoms with Crippen LogP contribution in [0.5, 0.6) is 0 Å². The van der Waals surface area contributed by atoms with E-state index < -0.39 is 0 Å². The highest BCUT2D eigenvalue weighted by Gasteiger charge is 2.13. The quantitative estimate of drug-likeness (QED) is 0.625. The van der Waals surface area contributed by atoms with Gasteiger partial charge in [0.05, 0.1) is 6.10 Å². The minimum atomic E-state index is -0.0700. The maximum Gasteiger partial charge on any atom is 0.251 e. The zero-order valence-electron chi connectivity index (χ0n) is 12.9. The molecule has 0 saturated heterocycles. The van der Waals surface area contributed by atoms with E-state index in [1.54, 1.807) is 12.1 Å². The number of rotatable bonds is 6. The van der Waals surface area contributed by atoms with E-state index in [1.807, 2.05) is 13.0 Å². The standard InChI is InChI=1S/C17H26N2O2/c1-13-8-9-14(12-16(13)18)17(20)19-10-5-11-21-15-6-3-2-4-7-15/h8-9,12,15H,2-7,10-11,18H2,1H3,(H,19,20). The number of ether oxygens (including phenoxy) is 1. The van der Waals surface area contributed by atoms with E-state index in [1.165, 1.54) is 32.1 Å². The molecule has 116 valence electrons. The summed E-state index contributed by atoms with van der Waals surface area (Å²) in [5.74, 6) is -0.0700. The summed E-state index contributed by atoms with van der Waals surface area (Å²) >= 11 is 0. The summed E-state index contributed by atoms with van der Waals surface area (Å²) in [5, 5.41) is 2.91. The number of hydrogen-bond donors (Lipinski definition) is 2. The Balaban J connectivity index is 1.63. The van der Waals surface area contributed by atoms with Gasteiger partial charge in [-0.1, -0.05) is 25.3 Å². The van der Waals surface area contributed by atoms with Crippen molar-refractivity contribution in [2.24, 2.45) is 0 Å². The second-order valence-electron chi connectivity index (χ2n) is 5.81. The molecule has 1 aliphatic rings. The number of carbonyl (C=O) groups is 1. The first-order valence-electron chi connectivity index (χ1n) is 7.93. The molecule has 3 N–H and O–H groups in total. The molecule has 1 aromatic rings. The average Bonchev–Trinajstić information content (AvgIpc) is 2.50. The van der Waals surface area contributed by atoms with Crippen LogP contribution in [0.4, 0.5) is 5.69 Å². The number of hydrogen-bond acceptors (Lipinski definition) is 3. The summed E-state index contributed by atoms with van der Waals surface area (Å²) in [6.07, 6.45) is 7.58. The van der Waals surface area contributed by atoms with Crippen LogP contribution >= 0.6 is 0 Å². The first kappa shape index (κ1) is 15.8. The second-order valence-corrected chi connectivity index (χ2v) is 5.81. The number of nitrogens with one attached hydrogen (secondary N) is 1. The Hall–Kier alpha value is -1.55. The smallest absolute Gasteiger partial charge is 0.251 e. The van der Waals surface area contributed by atoms with Crippen LogP contribution in [0.15, 0.2) is 18.2 Å². The minimum Gasteiger partial charge on any atom is -0.398 e. The van der Waals surface area contributed by atoms with E-state index in [0.29, 0.717) is 23.9 Å². The first-order valence-corrected chi connectivity index (χ1v) is 7.93. The Morgan fingerprint density at radius 2 is 2.10 bits per heavy atom. The van der Waals surface area contributed by atoms with Gasteiger partial charge in [-0.05, 0) is 43.9 Å². The highest BCUT2D eigenvalue weighted by molar-refractivity contribution is 5.95.